The van der Waals surface area contributed by atoms with E-state index in [2.05, 4.69) is 38.1 Å². The summed E-state index contributed by atoms with van der Waals surface area (Å²) < 4.78 is 5.87. The Morgan fingerprint density at radius 2 is 1.68 bits per heavy atom. The summed E-state index contributed by atoms with van der Waals surface area (Å²) in [7, 11) is 0. The molecule has 3 fully saturated rings. The number of ether oxygens (including phenoxy) is 1. The molecule has 1 amide bonds. The van der Waals surface area contributed by atoms with E-state index in [9.17, 15) is 14.7 Å². The van der Waals surface area contributed by atoms with Crippen LogP contribution in [0.15, 0.2) is 48.5 Å². The number of piperidine rings is 1. The Bertz CT molecular complexity index is 1080. The molecule has 5 nitrogen and oxygen atoms in total. The predicted octanol–water partition coefficient (Wildman–Crippen LogP) is 4.90. The highest BCUT2D eigenvalue weighted by Crippen LogP contribution is 2.75. The molecule has 1 aliphatic heterocycles. The van der Waals surface area contributed by atoms with Crippen molar-refractivity contribution >= 4 is 12.1 Å². The molecule has 6 rings (SSSR count). The maximum Gasteiger partial charge on any atom is 0.410 e. The maximum atomic E-state index is 13.3. The topological polar surface area (TPSA) is 66.8 Å². The van der Waals surface area contributed by atoms with Crippen LogP contribution < -0.4 is 0 Å². The van der Waals surface area contributed by atoms with Crippen LogP contribution in [-0.4, -0.2) is 40.8 Å². The first-order chi connectivity index (χ1) is 14.8. The first kappa shape index (κ1) is 18.9. The first-order valence-corrected chi connectivity index (χ1v) is 11.2. The zero-order chi connectivity index (χ0) is 21.6. The van der Waals surface area contributed by atoms with Crippen LogP contribution in [0.1, 0.15) is 50.2 Å². The van der Waals surface area contributed by atoms with Crippen LogP contribution >= 0.6 is 0 Å². The van der Waals surface area contributed by atoms with Gasteiger partial charge in [0.25, 0.3) is 0 Å². The van der Waals surface area contributed by atoms with Gasteiger partial charge in [0.1, 0.15) is 12.1 Å². The summed E-state index contributed by atoms with van der Waals surface area (Å²) in [6, 6.07) is 16.5. The molecule has 0 aromatic heterocycles. The van der Waals surface area contributed by atoms with Gasteiger partial charge in [-0.2, -0.15) is 0 Å². The third-order valence-corrected chi connectivity index (χ3v) is 9.47. The van der Waals surface area contributed by atoms with Crippen molar-refractivity contribution in [3.8, 4) is 11.1 Å². The number of hydrogen-bond donors (Lipinski definition) is 1. The molecular weight excluding hydrogens is 390 g/mol. The van der Waals surface area contributed by atoms with Gasteiger partial charge in [0, 0.05) is 17.9 Å². The van der Waals surface area contributed by atoms with Crippen LogP contribution in [0.2, 0.25) is 0 Å². The second kappa shape index (κ2) is 5.90. The first-order valence-electron chi connectivity index (χ1n) is 11.2. The van der Waals surface area contributed by atoms with Crippen molar-refractivity contribution in [2.45, 2.75) is 44.6 Å². The van der Waals surface area contributed by atoms with Gasteiger partial charge in [0.15, 0.2) is 0 Å². The van der Waals surface area contributed by atoms with Crippen LogP contribution in [0.5, 0.6) is 0 Å². The monoisotopic (exact) mass is 417 g/mol. The molecule has 1 heterocycles. The molecule has 160 valence electrons. The predicted molar refractivity (Wildman–Crippen MR) is 116 cm³/mol. The van der Waals surface area contributed by atoms with Gasteiger partial charge in [-0.15, -0.1) is 0 Å². The fourth-order valence-corrected chi connectivity index (χ4v) is 7.61. The molecule has 0 radical (unpaired) electrons. The summed E-state index contributed by atoms with van der Waals surface area (Å²) in [5.74, 6) is -0.541. The second-order valence-electron chi connectivity index (χ2n) is 10.2. The Morgan fingerprint density at radius 1 is 1.06 bits per heavy atom. The number of nitrogens with zero attached hydrogens (tertiary/aromatic N) is 1. The number of amides is 1. The Balaban J connectivity index is 1.29. The van der Waals surface area contributed by atoms with Crippen LogP contribution in [0, 0.1) is 16.7 Å². The number of carbonyl (C=O) groups is 2. The number of aliphatic carboxylic acids is 1. The lowest BCUT2D eigenvalue weighted by Gasteiger charge is -2.44. The van der Waals surface area contributed by atoms with Gasteiger partial charge in [-0.3, -0.25) is 4.90 Å². The quantitative estimate of drug-likeness (QED) is 0.771. The van der Waals surface area contributed by atoms with Gasteiger partial charge in [-0.1, -0.05) is 62.4 Å². The Morgan fingerprint density at radius 3 is 2.26 bits per heavy atom. The summed E-state index contributed by atoms with van der Waals surface area (Å²) in [4.78, 5) is 27.5. The highest BCUT2D eigenvalue weighted by Gasteiger charge is 2.81. The zero-order valence-electron chi connectivity index (χ0n) is 17.9. The molecule has 2 aromatic carbocycles. The molecular formula is C26H27NO4. The van der Waals surface area contributed by atoms with Crippen molar-refractivity contribution < 1.29 is 19.4 Å². The average molecular weight is 418 g/mol. The van der Waals surface area contributed by atoms with E-state index >= 15 is 0 Å². The molecule has 0 spiro atoms. The van der Waals surface area contributed by atoms with Gasteiger partial charge < -0.3 is 9.84 Å². The van der Waals surface area contributed by atoms with Crippen LogP contribution in [0.4, 0.5) is 4.79 Å². The normalized spacial score (nSPS) is 34.6. The Labute approximate surface area is 182 Å². The lowest BCUT2D eigenvalue weighted by molar-refractivity contribution is -0.156. The van der Waals surface area contributed by atoms with E-state index < -0.39 is 23.0 Å². The molecule has 3 aliphatic carbocycles. The number of carboxylic acid groups (broad SMARTS) is 1. The maximum absolute atomic E-state index is 13.3. The molecule has 2 saturated carbocycles. The third kappa shape index (κ3) is 2.03. The summed E-state index contributed by atoms with van der Waals surface area (Å²) in [5, 5.41) is 10.3. The van der Waals surface area contributed by atoms with Gasteiger partial charge in [-0.25, -0.2) is 9.59 Å². The molecule has 2 aromatic rings. The van der Waals surface area contributed by atoms with Crippen molar-refractivity contribution in [3.63, 3.8) is 0 Å². The minimum atomic E-state index is -1.15. The smallest absolute Gasteiger partial charge is 0.410 e. The van der Waals surface area contributed by atoms with Gasteiger partial charge >= 0.3 is 12.1 Å². The fourth-order valence-electron chi connectivity index (χ4n) is 7.61. The number of fused-ring (bicyclic) bond motifs is 3. The van der Waals surface area contributed by atoms with Crippen molar-refractivity contribution in [1.29, 1.82) is 0 Å². The molecule has 5 heteroatoms. The summed E-state index contributed by atoms with van der Waals surface area (Å²) >= 11 is 0. The molecule has 4 bridgehead atoms. The minimum Gasteiger partial charge on any atom is -0.479 e. The zero-order valence-corrected chi connectivity index (χ0v) is 17.9. The van der Waals surface area contributed by atoms with Gasteiger partial charge in [-0.05, 0) is 52.8 Å². The third-order valence-electron chi connectivity index (χ3n) is 9.47. The molecule has 4 atom stereocenters. The minimum absolute atomic E-state index is 0.0282. The van der Waals surface area contributed by atoms with Crippen molar-refractivity contribution in [2.24, 2.45) is 16.7 Å². The van der Waals surface area contributed by atoms with E-state index in [4.69, 9.17) is 4.74 Å². The van der Waals surface area contributed by atoms with Crippen molar-refractivity contribution in [2.75, 3.05) is 13.2 Å². The SMILES string of the molecule is C[C@@]12CC[C@H]3C[C@]1(C(=O)O)N(C(=O)OCC1c4ccccc4-c4ccccc41)C[C@]32C. The summed E-state index contributed by atoms with van der Waals surface area (Å²) in [5.41, 5.74) is 2.97. The van der Waals surface area contributed by atoms with E-state index in [0.29, 0.717) is 18.9 Å². The van der Waals surface area contributed by atoms with Gasteiger partial charge in [0.2, 0.25) is 0 Å². The molecule has 0 unspecified atom stereocenters. The second-order valence-corrected chi connectivity index (χ2v) is 10.2. The van der Waals surface area contributed by atoms with E-state index in [1.54, 1.807) is 4.90 Å². The van der Waals surface area contributed by atoms with Crippen LogP contribution in [-0.2, 0) is 9.53 Å². The number of carboxylic acids is 1. The standard InChI is InChI=1S/C26H27NO4/c1-24-15-27(26(22(28)29)13-16(24)11-12-25(24,26)2)23(30)31-14-21-19-9-5-3-7-17(19)18-8-4-6-10-20(18)21/h3-10,16,21H,11-15H2,1-2H3,(H,28,29)/t16-,24+,25-,26+/m0/s1. The average Bonchev–Trinajstić information content (AvgIpc) is 3.36. The molecule has 4 aliphatic rings. The number of carbonyl (C=O) groups excluding carboxylic acids is 1. The summed E-state index contributed by atoms with van der Waals surface area (Å²) in [6.45, 7) is 4.93. The largest absolute Gasteiger partial charge is 0.479 e. The highest BCUT2D eigenvalue weighted by atomic mass is 16.6. The number of likely N-dealkylation sites (tertiary alicyclic amines) is 1. The molecule has 1 N–H and O–H groups in total. The van der Waals surface area contributed by atoms with E-state index in [1.165, 1.54) is 11.1 Å². The fraction of sp³-hybridized carbons (Fsp3) is 0.462. The van der Waals surface area contributed by atoms with Gasteiger partial charge in [0.05, 0.1) is 0 Å². The Kier molecular flexibility index (Phi) is 3.60. The van der Waals surface area contributed by atoms with E-state index in [-0.39, 0.29) is 17.9 Å². The molecule has 1 saturated heterocycles. The van der Waals surface area contributed by atoms with Crippen molar-refractivity contribution in [1.82, 2.24) is 4.90 Å². The number of benzene rings is 2. The Hall–Kier alpha value is -2.82. The molecule has 31 heavy (non-hydrogen) atoms. The number of hydrogen-bond acceptors (Lipinski definition) is 3. The van der Waals surface area contributed by atoms with E-state index in [1.807, 2.05) is 24.3 Å². The van der Waals surface area contributed by atoms with E-state index in [0.717, 1.165) is 24.0 Å². The lowest BCUT2D eigenvalue weighted by atomic mass is 9.65. The van der Waals surface area contributed by atoms with Crippen molar-refractivity contribution in [3.05, 3.63) is 59.7 Å². The van der Waals surface area contributed by atoms with Crippen LogP contribution in [0.3, 0.4) is 0 Å². The lowest BCUT2D eigenvalue weighted by Crippen LogP contribution is -2.60. The highest BCUT2D eigenvalue weighted by molar-refractivity contribution is 5.88. The number of rotatable bonds is 3. The van der Waals surface area contributed by atoms with Crippen LogP contribution in [0.25, 0.3) is 11.1 Å². The summed E-state index contributed by atoms with van der Waals surface area (Å²) in [6.07, 6.45) is 1.97.